The van der Waals surface area contributed by atoms with Crippen LogP contribution in [0.3, 0.4) is 0 Å². The zero-order valence-corrected chi connectivity index (χ0v) is 13.2. The van der Waals surface area contributed by atoms with Crippen molar-refractivity contribution in [2.75, 3.05) is 6.54 Å². The zero-order chi connectivity index (χ0) is 17.8. The van der Waals surface area contributed by atoms with Crippen molar-refractivity contribution in [3.8, 4) is 0 Å². The van der Waals surface area contributed by atoms with Crippen LogP contribution >= 0.6 is 0 Å². The Morgan fingerprint density at radius 1 is 1.35 bits per heavy atom. The maximum atomic E-state index is 12.5. The number of amides is 1. The normalized spacial score (nSPS) is 13.0. The monoisotopic (exact) mass is 335 g/mol. The average Bonchev–Trinajstić information content (AvgIpc) is 2.66. The van der Waals surface area contributed by atoms with E-state index in [0.717, 1.165) is 4.68 Å². The summed E-state index contributed by atoms with van der Waals surface area (Å²) in [5, 5.41) is 15.0. The third-order valence-corrected chi connectivity index (χ3v) is 3.46. The van der Waals surface area contributed by atoms with Gasteiger partial charge in [-0.25, -0.2) is 0 Å². The highest BCUT2D eigenvalue weighted by molar-refractivity contribution is 5.83. The van der Waals surface area contributed by atoms with Gasteiger partial charge in [0.1, 0.15) is 6.54 Å². The van der Waals surface area contributed by atoms with Crippen LogP contribution in [0.15, 0.2) is 0 Å². The maximum Gasteiger partial charge on any atom is 0.408 e. The summed E-state index contributed by atoms with van der Waals surface area (Å²) in [6.07, 6.45) is -4.15. The number of carbonyl (C=O) groups is 2. The second kappa shape index (κ2) is 7.47. The van der Waals surface area contributed by atoms with E-state index in [2.05, 4.69) is 10.4 Å². The lowest BCUT2D eigenvalue weighted by Crippen LogP contribution is -2.29. The van der Waals surface area contributed by atoms with E-state index in [1.807, 2.05) is 0 Å². The van der Waals surface area contributed by atoms with Crippen LogP contribution in [-0.2, 0) is 16.1 Å². The van der Waals surface area contributed by atoms with Gasteiger partial charge in [0.05, 0.1) is 11.6 Å². The Kier molecular flexibility index (Phi) is 6.17. The van der Waals surface area contributed by atoms with Crippen molar-refractivity contribution in [2.24, 2.45) is 0 Å². The van der Waals surface area contributed by atoms with Gasteiger partial charge in [0.2, 0.25) is 5.91 Å². The number of aromatic nitrogens is 2. The fourth-order valence-corrected chi connectivity index (χ4v) is 2.40. The van der Waals surface area contributed by atoms with E-state index in [4.69, 9.17) is 5.11 Å². The lowest BCUT2D eigenvalue weighted by atomic mass is 9.98. The highest BCUT2D eigenvalue weighted by atomic mass is 19.4. The average molecular weight is 335 g/mol. The molecule has 1 aromatic rings. The van der Waals surface area contributed by atoms with E-state index < -0.39 is 24.6 Å². The number of aliphatic carboxylic acids is 1. The number of alkyl halides is 3. The van der Waals surface area contributed by atoms with Gasteiger partial charge >= 0.3 is 12.1 Å². The Morgan fingerprint density at radius 3 is 2.48 bits per heavy atom. The molecule has 0 aliphatic carbocycles. The first kappa shape index (κ1) is 19.0. The predicted molar refractivity (Wildman–Crippen MR) is 76.1 cm³/mol. The van der Waals surface area contributed by atoms with E-state index in [-0.39, 0.29) is 18.9 Å². The first-order chi connectivity index (χ1) is 10.5. The van der Waals surface area contributed by atoms with Gasteiger partial charge in [-0.05, 0) is 27.2 Å². The van der Waals surface area contributed by atoms with Gasteiger partial charge in [0, 0.05) is 24.2 Å². The Hall–Kier alpha value is -2.06. The van der Waals surface area contributed by atoms with Gasteiger partial charge in [-0.2, -0.15) is 18.3 Å². The fraction of sp³-hybridized carbons (Fsp3) is 0.643. The molecular formula is C14H20F3N3O3. The highest BCUT2D eigenvalue weighted by Gasteiger charge is 2.31. The Balaban J connectivity index is 2.77. The van der Waals surface area contributed by atoms with Crippen molar-refractivity contribution in [2.45, 2.75) is 52.3 Å². The number of hydrogen-bond acceptors (Lipinski definition) is 3. The molecule has 1 amide bonds. The number of carboxylic acid groups (broad SMARTS) is 1. The highest BCUT2D eigenvalue weighted by Crippen LogP contribution is 2.26. The SMILES string of the molecule is Cc1nn(CC(F)(F)F)c(C)c1C(C)C(=O)NCCCC(=O)O. The maximum absolute atomic E-state index is 12.5. The van der Waals surface area contributed by atoms with E-state index >= 15 is 0 Å². The summed E-state index contributed by atoms with van der Waals surface area (Å²) in [6.45, 7) is 3.64. The molecule has 0 saturated carbocycles. The molecule has 0 spiro atoms. The lowest BCUT2D eigenvalue weighted by Gasteiger charge is -2.13. The van der Waals surface area contributed by atoms with Crippen molar-refractivity contribution < 1.29 is 27.9 Å². The molecule has 0 fully saturated rings. The number of halogens is 3. The van der Waals surface area contributed by atoms with Gasteiger partial charge < -0.3 is 10.4 Å². The van der Waals surface area contributed by atoms with Crippen LogP contribution < -0.4 is 5.32 Å². The summed E-state index contributed by atoms with van der Waals surface area (Å²) >= 11 is 0. The molecule has 1 heterocycles. The van der Waals surface area contributed by atoms with Gasteiger partial charge in [-0.1, -0.05) is 0 Å². The van der Waals surface area contributed by atoms with Gasteiger partial charge in [0.15, 0.2) is 0 Å². The number of hydrogen-bond donors (Lipinski definition) is 2. The van der Waals surface area contributed by atoms with Crippen molar-refractivity contribution in [3.05, 3.63) is 17.0 Å². The number of rotatable bonds is 7. The summed E-state index contributed by atoms with van der Waals surface area (Å²) < 4.78 is 38.4. The standard InChI is InChI=1S/C14H20F3N3O3/c1-8(13(23)18-6-4-5-11(21)22)12-9(2)19-20(10(12)3)7-14(15,16)17/h8H,4-7H2,1-3H3,(H,18,23)(H,21,22). The first-order valence-corrected chi connectivity index (χ1v) is 7.13. The Bertz CT molecular complexity index is 582. The van der Waals surface area contributed by atoms with Crippen LogP contribution in [0, 0.1) is 13.8 Å². The topological polar surface area (TPSA) is 84.2 Å². The van der Waals surface area contributed by atoms with Crippen molar-refractivity contribution in [3.63, 3.8) is 0 Å². The molecule has 1 rings (SSSR count). The van der Waals surface area contributed by atoms with Gasteiger partial charge in [-0.15, -0.1) is 0 Å². The molecule has 0 saturated heterocycles. The molecule has 0 radical (unpaired) electrons. The summed E-state index contributed by atoms with van der Waals surface area (Å²) in [4.78, 5) is 22.5. The lowest BCUT2D eigenvalue weighted by molar-refractivity contribution is -0.143. The molecule has 1 atom stereocenters. The van der Waals surface area contributed by atoms with Crippen LogP contribution in [0.4, 0.5) is 13.2 Å². The van der Waals surface area contributed by atoms with E-state index in [0.29, 0.717) is 23.4 Å². The smallest absolute Gasteiger partial charge is 0.408 e. The molecule has 1 unspecified atom stereocenters. The molecule has 1 aromatic heterocycles. The molecule has 0 aliphatic heterocycles. The third-order valence-electron chi connectivity index (χ3n) is 3.46. The van der Waals surface area contributed by atoms with Crippen molar-refractivity contribution in [1.29, 1.82) is 0 Å². The predicted octanol–water partition coefficient (Wildman–Crippen LogP) is 2.15. The molecule has 23 heavy (non-hydrogen) atoms. The molecule has 0 aliphatic rings. The van der Waals surface area contributed by atoms with E-state index in [1.54, 1.807) is 13.8 Å². The van der Waals surface area contributed by atoms with Gasteiger partial charge in [-0.3, -0.25) is 14.3 Å². The van der Waals surface area contributed by atoms with Crippen LogP contribution in [0.2, 0.25) is 0 Å². The number of aryl methyl sites for hydroxylation is 1. The largest absolute Gasteiger partial charge is 0.481 e. The van der Waals surface area contributed by atoms with Gasteiger partial charge in [0.25, 0.3) is 0 Å². The van der Waals surface area contributed by atoms with Crippen LogP contribution in [-0.4, -0.2) is 39.5 Å². The molecular weight excluding hydrogens is 315 g/mol. The molecule has 2 N–H and O–H groups in total. The molecule has 6 nitrogen and oxygen atoms in total. The van der Waals surface area contributed by atoms with Crippen LogP contribution in [0.1, 0.15) is 42.6 Å². The minimum absolute atomic E-state index is 0.0593. The molecule has 130 valence electrons. The van der Waals surface area contributed by atoms with Crippen LogP contribution in [0.25, 0.3) is 0 Å². The Labute approximate surface area is 131 Å². The summed E-state index contributed by atoms with van der Waals surface area (Å²) in [7, 11) is 0. The summed E-state index contributed by atoms with van der Waals surface area (Å²) in [5.74, 6) is -1.98. The number of nitrogens with one attached hydrogen (secondary N) is 1. The van der Waals surface area contributed by atoms with Crippen molar-refractivity contribution in [1.82, 2.24) is 15.1 Å². The van der Waals surface area contributed by atoms with Crippen molar-refractivity contribution >= 4 is 11.9 Å². The summed E-state index contributed by atoms with van der Waals surface area (Å²) in [5.41, 5.74) is 1.14. The van der Waals surface area contributed by atoms with Crippen LogP contribution in [0.5, 0.6) is 0 Å². The number of nitrogens with zero attached hydrogens (tertiary/aromatic N) is 2. The third kappa shape index (κ3) is 5.57. The van der Waals surface area contributed by atoms with E-state index in [9.17, 15) is 22.8 Å². The first-order valence-electron chi connectivity index (χ1n) is 7.13. The second-order valence-electron chi connectivity index (χ2n) is 5.37. The van der Waals surface area contributed by atoms with E-state index in [1.165, 1.54) is 6.92 Å². The Morgan fingerprint density at radius 2 is 1.96 bits per heavy atom. The molecule has 9 heteroatoms. The second-order valence-corrected chi connectivity index (χ2v) is 5.37. The fourth-order valence-electron chi connectivity index (χ4n) is 2.40. The minimum Gasteiger partial charge on any atom is -0.481 e. The number of carbonyl (C=O) groups excluding carboxylic acids is 1. The summed E-state index contributed by atoms with van der Waals surface area (Å²) in [6, 6.07) is 0. The minimum atomic E-state index is -4.39. The zero-order valence-electron chi connectivity index (χ0n) is 13.2. The number of carboxylic acids is 1. The molecule has 0 bridgehead atoms. The quantitative estimate of drug-likeness (QED) is 0.748. The molecule has 0 aromatic carbocycles.